The lowest BCUT2D eigenvalue weighted by molar-refractivity contribution is 0.0993. The van der Waals surface area contributed by atoms with Gasteiger partial charge in [0.05, 0.1) is 11.0 Å². The van der Waals surface area contributed by atoms with Crippen LogP contribution in [0.1, 0.15) is 33.6 Å². The Morgan fingerprint density at radius 1 is 1.28 bits per heavy atom. The van der Waals surface area contributed by atoms with Gasteiger partial charge < -0.3 is 10.3 Å². The lowest BCUT2D eigenvalue weighted by atomic mass is 10.1. The number of pyridine rings is 1. The Kier molecular flexibility index (Phi) is 4.61. The van der Waals surface area contributed by atoms with E-state index in [1.807, 2.05) is 48.9 Å². The lowest BCUT2D eigenvalue weighted by Gasteiger charge is -2.14. The quantitative estimate of drug-likeness (QED) is 0.748. The molecule has 0 unspecified atom stereocenters. The number of nitrogens with zero attached hydrogens (tertiary/aromatic N) is 3. The summed E-state index contributed by atoms with van der Waals surface area (Å²) in [5.41, 5.74) is 10.4. The van der Waals surface area contributed by atoms with Crippen molar-refractivity contribution in [1.82, 2.24) is 14.5 Å². The second-order valence-corrected chi connectivity index (χ2v) is 6.21. The molecule has 6 nitrogen and oxygen atoms in total. The molecule has 2 heterocycles. The summed E-state index contributed by atoms with van der Waals surface area (Å²) in [6.07, 6.45) is 5.27. The van der Waals surface area contributed by atoms with Crippen LogP contribution in [0.25, 0.3) is 11.0 Å². The highest BCUT2D eigenvalue weighted by Crippen LogP contribution is 2.17. The fourth-order valence-electron chi connectivity index (χ4n) is 2.90. The second-order valence-electron chi connectivity index (χ2n) is 6.21. The first kappa shape index (κ1) is 16.8. The van der Waals surface area contributed by atoms with Gasteiger partial charge in [-0.1, -0.05) is 6.07 Å². The van der Waals surface area contributed by atoms with Crippen molar-refractivity contribution in [2.24, 2.45) is 5.73 Å². The number of hydrogen-bond donors (Lipinski definition) is 2. The summed E-state index contributed by atoms with van der Waals surface area (Å²) in [5, 5.41) is 8.35. The second kappa shape index (κ2) is 6.84. The molecule has 6 heteroatoms. The molecule has 0 saturated heterocycles. The van der Waals surface area contributed by atoms with Gasteiger partial charge in [0.15, 0.2) is 11.2 Å². The third-order valence-corrected chi connectivity index (χ3v) is 4.41. The first-order valence-corrected chi connectivity index (χ1v) is 8.22. The number of nitrogens with two attached hydrogens (primary N) is 1. The van der Waals surface area contributed by atoms with Crippen LogP contribution in [0.15, 0.2) is 36.7 Å². The maximum absolute atomic E-state index is 11.7. The van der Waals surface area contributed by atoms with Crippen LogP contribution in [0.2, 0.25) is 0 Å². The molecule has 0 radical (unpaired) electrons. The zero-order valence-electron chi connectivity index (χ0n) is 14.4. The summed E-state index contributed by atoms with van der Waals surface area (Å²) < 4.78 is 1.82. The molecule has 3 rings (SSSR count). The molecule has 0 spiro atoms. The Balaban J connectivity index is 2.02. The third kappa shape index (κ3) is 3.42. The molecule has 1 aromatic carbocycles. The Morgan fingerprint density at radius 2 is 2.04 bits per heavy atom. The normalized spacial score (nSPS) is 11.0. The Morgan fingerprint density at radius 3 is 2.72 bits per heavy atom. The fourth-order valence-corrected chi connectivity index (χ4v) is 2.90. The zero-order valence-corrected chi connectivity index (χ0v) is 14.4. The van der Waals surface area contributed by atoms with Crippen LogP contribution in [0.3, 0.4) is 0 Å². The van der Waals surface area contributed by atoms with Gasteiger partial charge in [0, 0.05) is 18.9 Å². The van der Waals surface area contributed by atoms with E-state index >= 15 is 0 Å². The maximum atomic E-state index is 11.7. The number of carbonyl (C=O) groups excluding carboxylic acids is 1. The molecule has 1 amide bonds. The van der Waals surface area contributed by atoms with Crippen molar-refractivity contribution in [3.05, 3.63) is 64.5 Å². The number of amides is 1. The number of rotatable bonds is 5. The molecule has 0 bridgehead atoms. The number of aryl methyl sites for hydroxylation is 4. The highest BCUT2D eigenvalue weighted by Gasteiger charge is 2.13. The smallest absolute Gasteiger partial charge is 0.271 e. The van der Waals surface area contributed by atoms with E-state index in [1.165, 1.54) is 0 Å². The van der Waals surface area contributed by atoms with Gasteiger partial charge in [0.25, 0.3) is 5.91 Å². The highest BCUT2D eigenvalue weighted by atomic mass is 16.1. The number of hydrogen-bond acceptors (Lipinski definition) is 4. The van der Waals surface area contributed by atoms with Crippen molar-refractivity contribution >= 4 is 16.9 Å². The zero-order chi connectivity index (χ0) is 18.0. The summed E-state index contributed by atoms with van der Waals surface area (Å²) in [6, 6.07) is 7.91. The van der Waals surface area contributed by atoms with Crippen molar-refractivity contribution < 1.29 is 4.79 Å². The Labute approximate surface area is 145 Å². The van der Waals surface area contributed by atoms with Gasteiger partial charge in [-0.3, -0.25) is 15.2 Å². The predicted octanol–water partition coefficient (Wildman–Crippen LogP) is 2.26. The molecule has 0 atom stereocenters. The topological polar surface area (TPSA) is 97.6 Å². The largest absolute Gasteiger partial charge is 0.364 e. The number of nitrogens with one attached hydrogen (secondary N) is 1. The molecule has 3 N–H and O–H groups in total. The third-order valence-electron chi connectivity index (χ3n) is 4.41. The van der Waals surface area contributed by atoms with Gasteiger partial charge in [0.1, 0.15) is 0 Å². The molecule has 128 valence electrons. The molecular formula is C19H21N5O. The summed E-state index contributed by atoms with van der Waals surface area (Å²) in [7, 11) is 0. The van der Waals surface area contributed by atoms with Gasteiger partial charge in [0.2, 0.25) is 0 Å². The minimum Gasteiger partial charge on any atom is -0.364 e. The van der Waals surface area contributed by atoms with E-state index in [0.717, 1.165) is 35.0 Å². The number of benzene rings is 1. The standard InChI is InChI=1S/C19H21N5O/c1-12-9-15-16(10-13(12)2)24(18(20)17(23-15)19(21)25)8-4-6-14-5-3-7-22-11-14/h3,5,7,9-11,20H,4,6,8H2,1-2H3,(H2,21,25). The van der Waals surface area contributed by atoms with E-state index < -0.39 is 5.91 Å². The van der Waals surface area contributed by atoms with Crippen LogP contribution in [-0.2, 0) is 13.0 Å². The van der Waals surface area contributed by atoms with Crippen LogP contribution in [0.4, 0.5) is 0 Å². The number of aromatic nitrogens is 3. The van der Waals surface area contributed by atoms with Crippen molar-refractivity contribution in [2.45, 2.75) is 33.2 Å². The average molecular weight is 335 g/mol. The van der Waals surface area contributed by atoms with Crippen molar-refractivity contribution in [2.75, 3.05) is 0 Å². The minimum absolute atomic E-state index is 0.0112. The first-order chi connectivity index (χ1) is 12.0. The van der Waals surface area contributed by atoms with E-state index in [-0.39, 0.29) is 11.2 Å². The van der Waals surface area contributed by atoms with E-state index in [4.69, 9.17) is 11.1 Å². The van der Waals surface area contributed by atoms with Gasteiger partial charge in [-0.25, -0.2) is 4.98 Å². The summed E-state index contributed by atoms with van der Waals surface area (Å²) >= 11 is 0. The van der Waals surface area contributed by atoms with Gasteiger partial charge in [-0.2, -0.15) is 0 Å². The molecular weight excluding hydrogens is 314 g/mol. The van der Waals surface area contributed by atoms with E-state index in [0.29, 0.717) is 12.1 Å². The van der Waals surface area contributed by atoms with Crippen molar-refractivity contribution in [3.63, 3.8) is 0 Å². The molecule has 0 saturated carbocycles. The van der Waals surface area contributed by atoms with Gasteiger partial charge in [-0.15, -0.1) is 0 Å². The first-order valence-electron chi connectivity index (χ1n) is 8.22. The molecule has 0 fully saturated rings. The van der Waals surface area contributed by atoms with Crippen LogP contribution in [0.5, 0.6) is 0 Å². The van der Waals surface area contributed by atoms with Crippen LogP contribution in [0, 0.1) is 19.3 Å². The van der Waals surface area contributed by atoms with Crippen molar-refractivity contribution in [3.8, 4) is 0 Å². The lowest BCUT2D eigenvalue weighted by Crippen LogP contribution is -2.32. The van der Waals surface area contributed by atoms with E-state index in [1.54, 1.807) is 6.20 Å². The molecule has 0 aliphatic rings. The maximum Gasteiger partial charge on any atom is 0.271 e. The average Bonchev–Trinajstić information content (AvgIpc) is 2.59. The monoisotopic (exact) mass is 335 g/mol. The molecule has 25 heavy (non-hydrogen) atoms. The predicted molar refractivity (Wildman–Crippen MR) is 96.1 cm³/mol. The number of primary amides is 1. The molecule has 2 aromatic heterocycles. The van der Waals surface area contributed by atoms with Gasteiger partial charge in [-0.05, 0) is 61.6 Å². The van der Waals surface area contributed by atoms with E-state index in [9.17, 15) is 4.79 Å². The van der Waals surface area contributed by atoms with Crippen molar-refractivity contribution in [1.29, 1.82) is 5.41 Å². The number of fused-ring (bicyclic) bond motifs is 1. The van der Waals surface area contributed by atoms with Crippen LogP contribution >= 0.6 is 0 Å². The fraction of sp³-hybridized carbons (Fsp3) is 0.263. The summed E-state index contributed by atoms with van der Waals surface area (Å²) in [6.45, 7) is 4.64. The van der Waals surface area contributed by atoms with Crippen LogP contribution in [-0.4, -0.2) is 20.4 Å². The van der Waals surface area contributed by atoms with E-state index in [2.05, 4.69) is 9.97 Å². The molecule has 0 aliphatic heterocycles. The molecule has 0 aliphatic carbocycles. The Hall–Kier alpha value is -3.02. The number of carbonyl (C=O) groups is 1. The molecule has 3 aromatic rings. The SMILES string of the molecule is Cc1cc2nc(C(N)=O)c(=N)n(CCCc3cccnc3)c2cc1C. The Bertz CT molecular complexity index is 992. The summed E-state index contributed by atoms with van der Waals surface area (Å²) in [4.78, 5) is 20.1. The minimum atomic E-state index is -0.675. The van der Waals surface area contributed by atoms with Gasteiger partial charge >= 0.3 is 0 Å². The van der Waals surface area contributed by atoms with Crippen LogP contribution < -0.4 is 11.2 Å². The highest BCUT2D eigenvalue weighted by molar-refractivity contribution is 5.92. The summed E-state index contributed by atoms with van der Waals surface area (Å²) in [5.74, 6) is -0.675.